The van der Waals surface area contributed by atoms with Crippen LogP contribution in [0, 0.1) is 0 Å². The van der Waals surface area contributed by atoms with Gasteiger partial charge in [-0.25, -0.2) is 0 Å². The molecule has 436 valence electrons. The average molecular weight is 1050 g/mol. The van der Waals surface area contributed by atoms with Crippen molar-refractivity contribution in [2.75, 3.05) is 40.9 Å². The Hall–Kier alpha value is -0.760. The van der Waals surface area contributed by atoms with Crippen LogP contribution in [0.1, 0.15) is 341 Å². The van der Waals surface area contributed by atoms with E-state index in [9.17, 15) is 19.4 Å². The van der Waals surface area contributed by atoms with Crippen LogP contribution in [0.5, 0.6) is 0 Å². The summed E-state index contributed by atoms with van der Waals surface area (Å²) in [4.78, 5) is 25.6. The molecule has 0 rings (SSSR count). The van der Waals surface area contributed by atoms with E-state index in [1.165, 1.54) is 276 Å². The zero-order valence-electron chi connectivity index (χ0n) is 49.9. The summed E-state index contributed by atoms with van der Waals surface area (Å²) in [5.74, 6) is -0.157. The summed E-state index contributed by atoms with van der Waals surface area (Å²) in [6, 6.07) is -0.797. The lowest BCUT2D eigenvalue weighted by atomic mass is 10.0. The molecular weight excluding hydrogens is 924 g/mol. The molecule has 0 aliphatic heterocycles. The van der Waals surface area contributed by atoms with Crippen molar-refractivity contribution in [3.8, 4) is 0 Å². The Morgan fingerprint density at radius 2 is 0.753 bits per heavy atom. The zero-order valence-corrected chi connectivity index (χ0v) is 50.8. The second-order valence-electron chi connectivity index (χ2n) is 23.8. The summed E-state index contributed by atoms with van der Waals surface area (Å²) in [6.45, 7) is 4.78. The molecule has 0 aliphatic carbocycles. The molecule has 0 spiro atoms. The number of likely N-dealkylation sites (N-methyl/N-ethyl adjacent to an activating group) is 1. The number of nitrogens with zero attached hydrogens (tertiary/aromatic N) is 1. The molecule has 0 fully saturated rings. The maximum Gasteiger partial charge on any atom is 0.268 e. The molecule has 2 N–H and O–H groups in total. The largest absolute Gasteiger partial charge is 0.756 e. The highest BCUT2D eigenvalue weighted by Crippen LogP contribution is 2.38. The van der Waals surface area contributed by atoms with E-state index in [1.54, 1.807) is 0 Å². The highest BCUT2D eigenvalue weighted by atomic mass is 31.2. The predicted octanol–water partition coefficient (Wildman–Crippen LogP) is 19.5. The van der Waals surface area contributed by atoms with Crippen LogP contribution in [0.25, 0.3) is 0 Å². The van der Waals surface area contributed by atoms with E-state index in [0.717, 1.165) is 38.5 Å². The normalized spacial score (nSPS) is 13.8. The fraction of sp³-hybridized carbons (Fsp3) is 0.953. The molecule has 0 radical (unpaired) electrons. The van der Waals surface area contributed by atoms with Crippen molar-refractivity contribution in [2.24, 2.45) is 0 Å². The highest BCUT2D eigenvalue weighted by molar-refractivity contribution is 7.45. The number of carbonyl (C=O) groups is 1. The van der Waals surface area contributed by atoms with Gasteiger partial charge >= 0.3 is 0 Å². The lowest BCUT2D eigenvalue weighted by Crippen LogP contribution is -2.46. The second-order valence-corrected chi connectivity index (χ2v) is 25.2. The third kappa shape index (κ3) is 58.8. The smallest absolute Gasteiger partial charge is 0.268 e. The van der Waals surface area contributed by atoms with Crippen LogP contribution >= 0.6 is 7.82 Å². The minimum atomic E-state index is -4.57. The first-order chi connectivity index (χ1) is 35.5. The predicted molar refractivity (Wildman–Crippen MR) is 316 cm³/mol. The van der Waals surface area contributed by atoms with Gasteiger partial charge in [0.25, 0.3) is 7.82 Å². The second kappa shape index (κ2) is 56.0. The molecule has 73 heavy (non-hydrogen) atoms. The highest BCUT2D eigenvalue weighted by Gasteiger charge is 2.24. The number of carbonyl (C=O) groups excluding carboxylic acids is 1. The van der Waals surface area contributed by atoms with Gasteiger partial charge in [-0.05, 0) is 38.5 Å². The van der Waals surface area contributed by atoms with E-state index in [-0.39, 0.29) is 19.1 Å². The Balaban J connectivity index is 3.93. The van der Waals surface area contributed by atoms with Gasteiger partial charge in [0.05, 0.1) is 39.9 Å². The first-order valence-electron chi connectivity index (χ1n) is 32.5. The summed E-state index contributed by atoms with van der Waals surface area (Å²) < 4.78 is 23.5. The standard InChI is InChI=1S/C64H129N2O6P/c1-6-8-10-12-14-16-18-20-22-24-25-26-27-28-29-30-31-32-33-34-35-36-37-38-39-40-41-42-44-46-48-50-52-54-56-58-64(68)65-62(61-72-73(69,70)71-60-59-66(3,4)5)63(67)57-55-53-51-49-47-45-43-23-21-19-17-15-13-11-9-7-2/h30-31,62-63,67H,6-29,32-61H2,1-5H3,(H-,65,68,69,70)/b31-30-. The van der Waals surface area contributed by atoms with Crippen LogP contribution < -0.4 is 10.2 Å². The number of hydrogen-bond donors (Lipinski definition) is 2. The van der Waals surface area contributed by atoms with Crippen molar-refractivity contribution in [3.63, 3.8) is 0 Å². The van der Waals surface area contributed by atoms with E-state index in [0.29, 0.717) is 23.9 Å². The van der Waals surface area contributed by atoms with Crippen molar-refractivity contribution in [1.29, 1.82) is 0 Å². The van der Waals surface area contributed by atoms with E-state index < -0.39 is 20.0 Å². The number of quaternary nitrogens is 1. The van der Waals surface area contributed by atoms with Crippen LogP contribution in [-0.2, 0) is 18.4 Å². The molecule has 8 nitrogen and oxygen atoms in total. The minimum absolute atomic E-state index is 0.0154. The van der Waals surface area contributed by atoms with Crippen LogP contribution in [-0.4, -0.2) is 68.5 Å². The van der Waals surface area contributed by atoms with Crippen molar-refractivity contribution in [3.05, 3.63) is 12.2 Å². The molecular formula is C64H129N2O6P. The van der Waals surface area contributed by atoms with Crippen LogP contribution in [0.2, 0.25) is 0 Å². The minimum Gasteiger partial charge on any atom is -0.756 e. The van der Waals surface area contributed by atoms with Gasteiger partial charge in [0.1, 0.15) is 13.2 Å². The van der Waals surface area contributed by atoms with E-state index in [2.05, 4.69) is 31.3 Å². The lowest BCUT2D eigenvalue weighted by Gasteiger charge is -2.30. The number of nitrogens with one attached hydrogen (secondary N) is 1. The maximum atomic E-state index is 13.0. The van der Waals surface area contributed by atoms with Crippen molar-refractivity contribution < 1.29 is 32.9 Å². The number of allylic oxidation sites excluding steroid dienone is 2. The molecule has 0 heterocycles. The van der Waals surface area contributed by atoms with Crippen molar-refractivity contribution in [1.82, 2.24) is 5.32 Å². The summed E-state index contributed by atoms with van der Waals surface area (Å²) in [7, 11) is 1.32. The Kier molecular flexibility index (Phi) is 55.4. The van der Waals surface area contributed by atoms with Crippen LogP contribution in [0.3, 0.4) is 0 Å². The van der Waals surface area contributed by atoms with Gasteiger partial charge < -0.3 is 28.8 Å². The number of aliphatic hydroxyl groups is 1. The number of aliphatic hydroxyl groups excluding tert-OH is 1. The van der Waals surface area contributed by atoms with Crippen LogP contribution in [0.15, 0.2) is 12.2 Å². The Bertz CT molecular complexity index is 1200. The molecule has 3 unspecified atom stereocenters. The molecule has 3 atom stereocenters. The number of phosphoric acid groups is 1. The summed E-state index contributed by atoms with van der Waals surface area (Å²) in [5, 5.41) is 14.0. The Morgan fingerprint density at radius 3 is 1.07 bits per heavy atom. The van der Waals surface area contributed by atoms with Crippen molar-refractivity contribution in [2.45, 2.75) is 353 Å². The molecule has 0 bridgehead atoms. The molecule has 1 amide bonds. The van der Waals surface area contributed by atoms with Gasteiger partial charge in [0, 0.05) is 6.42 Å². The van der Waals surface area contributed by atoms with Gasteiger partial charge in [-0.2, -0.15) is 0 Å². The number of rotatable bonds is 61. The number of phosphoric ester groups is 1. The van der Waals surface area contributed by atoms with Gasteiger partial charge in [-0.3, -0.25) is 9.36 Å². The average Bonchev–Trinajstić information content (AvgIpc) is 3.35. The van der Waals surface area contributed by atoms with Crippen molar-refractivity contribution >= 4 is 13.7 Å². The molecule has 0 aromatic rings. The fourth-order valence-corrected chi connectivity index (χ4v) is 10.9. The van der Waals surface area contributed by atoms with Gasteiger partial charge in [0.2, 0.25) is 5.91 Å². The summed E-state index contributed by atoms with van der Waals surface area (Å²) >= 11 is 0. The molecule has 0 saturated heterocycles. The Morgan fingerprint density at radius 1 is 0.466 bits per heavy atom. The Labute approximate surface area is 456 Å². The number of unbranched alkanes of at least 4 members (excludes halogenated alkanes) is 46. The third-order valence-corrected chi connectivity index (χ3v) is 16.2. The molecule has 0 aliphatic rings. The monoisotopic (exact) mass is 1050 g/mol. The molecule has 0 aromatic carbocycles. The van der Waals surface area contributed by atoms with Crippen LogP contribution in [0.4, 0.5) is 0 Å². The number of hydrogen-bond acceptors (Lipinski definition) is 6. The zero-order chi connectivity index (χ0) is 53.5. The first kappa shape index (κ1) is 72.2. The van der Waals surface area contributed by atoms with Gasteiger partial charge in [0.15, 0.2) is 0 Å². The van der Waals surface area contributed by atoms with E-state index >= 15 is 0 Å². The topological polar surface area (TPSA) is 108 Å². The maximum absolute atomic E-state index is 13.0. The number of amides is 1. The molecule has 0 saturated carbocycles. The lowest BCUT2D eigenvalue weighted by molar-refractivity contribution is -0.870. The summed E-state index contributed by atoms with van der Waals surface area (Å²) in [6.07, 6.45) is 69.9. The van der Waals surface area contributed by atoms with Gasteiger partial charge in [-0.1, -0.05) is 309 Å². The quantitative estimate of drug-likeness (QED) is 0.0272. The van der Waals surface area contributed by atoms with Gasteiger partial charge in [-0.15, -0.1) is 0 Å². The van der Waals surface area contributed by atoms with E-state index in [1.807, 2.05) is 21.1 Å². The first-order valence-corrected chi connectivity index (χ1v) is 34.0. The molecule has 0 aromatic heterocycles. The third-order valence-electron chi connectivity index (χ3n) is 15.3. The fourth-order valence-electron chi connectivity index (χ4n) is 10.2. The summed E-state index contributed by atoms with van der Waals surface area (Å²) in [5.41, 5.74) is 0. The molecule has 9 heteroatoms. The van der Waals surface area contributed by atoms with E-state index in [4.69, 9.17) is 9.05 Å². The SMILES string of the molecule is CCCCCCCCCCCCCCCC/C=C\CCCCCCCCCCCCCCCCCCCC(=O)NC(COP(=O)([O-])OCC[N+](C)(C)C)C(O)CCCCCCCCCCCCCCCCCC.